The van der Waals surface area contributed by atoms with Crippen molar-refractivity contribution < 1.29 is 14.1 Å². The summed E-state index contributed by atoms with van der Waals surface area (Å²) in [5, 5.41) is 4.86. The van der Waals surface area contributed by atoms with Gasteiger partial charge in [0.25, 0.3) is 0 Å². The van der Waals surface area contributed by atoms with E-state index in [0.29, 0.717) is 34.8 Å². The highest BCUT2D eigenvalue weighted by Gasteiger charge is 2.32. The Bertz CT molecular complexity index is 929. The van der Waals surface area contributed by atoms with Crippen molar-refractivity contribution in [2.24, 2.45) is 0 Å². The summed E-state index contributed by atoms with van der Waals surface area (Å²) in [5.74, 6) is 1.17. The molecule has 0 unspecified atom stereocenters. The molecule has 2 aromatic carbocycles. The zero-order valence-electron chi connectivity index (χ0n) is 12.6. The maximum Gasteiger partial charge on any atom is 0.198 e. The third kappa shape index (κ3) is 2.10. The highest BCUT2D eigenvalue weighted by molar-refractivity contribution is 9.10. The molecule has 1 aliphatic rings. The lowest BCUT2D eigenvalue weighted by atomic mass is 9.87. The van der Waals surface area contributed by atoms with Gasteiger partial charge >= 0.3 is 0 Å². The summed E-state index contributed by atoms with van der Waals surface area (Å²) >= 11 is 3.50. The van der Waals surface area contributed by atoms with E-state index in [9.17, 15) is 4.79 Å². The maximum absolute atomic E-state index is 13.0. The van der Waals surface area contributed by atoms with E-state index in [-0.39, 0.29) is 5.78 Å². The van der Waals surface area contributed by atoms with Crippen LogP contribution in [-0.4, -0.2) is 17.5 Å². The van der Waals surface area contributed by atoms with Crippen LogP contribution in [0.15, 0.2) is 39.3 Å². The minimum Gasteiger partial charge on any atom is -0.493 e. The van der Waals surface area contributed by atoms with Crippen LogP contribution in [0.3, 0.4) is 0 Å². The standard InChI is InChI=1S/C18H14BrNO3/c1-2-3-8-22-13-9-12(19)16-15-14(13)17(21)10-6-4-5-7-11(10)18(15)23-20-16/h4-7,9H,2-3,8H2,1H3. The van der Waals surface area contributed by atoms with Crippen molar-refractivity contribution >= 4 is 32.6 Å². The summed E-state index contributed by atoms with van der Waals surface area (Å²) in [6, 6.07) is 9.25. The number of nitrogens with zero attached hydrogens (tertiary/aromatic N) is 1. The van der Waals surface area contributed by atoms with Crippen molar-refractivity contribution in [3.63, 3.8) is 0 Å². The van der Waals surface area contributed by atoms with E-state index in [2.05, 4.69) is 28.0 Å². The molecule has 1 heterocycles. The van der Waals surface area contributed by atoms with Gasteiger partial charge in [-0.1, -0.05) is 42.8 Å². The summed E-state index contributed by atoms with van der Waals surface area (Å²) in [6.45, 7) is 2.68. The first kappa shape index (κ1) is 14.5. The number of hydrogen-bond donors (Lipinski definition) is 0. The lowest BCUT2D eigenvalue weighted by Gasteiger charge is -2.17. The Balaban J connectivity index is 1.99. The van der Waals surface area contributed by atoms with Gasteiger partial charge in [-0.25, -0.2) is 0 Å². The first-order valence-electron chi connectivity index (χ1n) is 7.61. The fourth-order valence-electron chi connectivity index (χ4n) is 2.93. The molecule has 0 saturated heterocycles. The molecule has 5 heteroatoms. The van der Waals surface area contributed by atoms with Crippen LogP contribution in [0.1, 0.15) is 35.7 Å². The molecule has 0 saturated carbocycles. The summed E-state index contributed by atoms with van der Waals surface area (Å²) in [7, 11) is 0. The molecule has 3 aromatic rings. The van der Waals surface area contributed by atoms with Crippen LogP contribution in [0.2, 0.25) is 0 Å². The highest BCUT2D eigenvalue weighted by atomic mass is 79.9. The highest BCUT2D eigenvalue weighted by Crippen LogP contribution is 2.45. The van der Waals surface area contributed by atoms with E-state index in [1.54, 1.807) is 0 Å². The normalized spacial score (nSPS) is 12.5. The number of ketones is 1. The molecule has 0 spiro atoms. The Morgan fingerprint density at radius 2 is 2.04 bits per heavy atom. The van der Waals surface area contributed by atoms with Gasteiger partial charge in [-0.2, -0.15) is 0 Å². The minimum absolute atomic E-state index is 0.0414. The quantitative estimate of drug-likeness (QED) is 0.474. The van der Waals surface area contributed by atoms with Crippen molar-refractivity contribution in [1.29, 1.82) is 0 Å². The van der Waals surface area contributed by atoms with Gasteiger partial charge in [0.15, 0.2) is 11.5 Å². The predicted octanol–water partition coefficient (Wildman–Crippen LogP) is 4.98. The molecule has 0 amide bonds. The molecule has 1 aliphatic carbocycles. The van der Waals surface area contributed by atoms with Gasteiger partial charge in [-0.05, 0) is 28.4 Å². The van der Waals surface area contributed by atoms with E-state index in [0.717, 1.165) is 28.3 Å². The van der Waals surface area contributed by atoms with Crippen LogP contribution < -0.4 is 4.74 Å². The second-order valence-electron chi connectivity index (χ2n) is 5.54. The molecular weight excluding hydrogens is 358 g/mol. The fourth-order valence-corrected chi connectivity index (χ4v) is 3.41. The number of unbranched alkanes of at least 4 members (excludes halogenated alkanes) is 1. The summed E-state index contributed by atoms with van der Waals surface area (Å²) in [6.07, 6.45) is 1.98. The van der Waals surface area contributed by atoms with Crippen molar-refractivity contribution in [3.8, 4) is 17.1 Å². The Morgan fingerprint density at radius 3 is 2.83 bits per heavy atom. The second kappa shape index (κ2) is 5.49. The van der Waals surface area contributed by atoms with Gasteiger partial charge in [0.2, 0.25) is 0 Å². The van der Waals surface area contributed by atoms with Crippen LogP contribution in [0.4, 0.5) is 0 Å². The number of aromatic nitrogens is 1. The van der Waals surface area contributed by atoms with Gasteiger partial charge in [-0.3, -0.25) is 4.79 Å². The number of hydrogen-bond acceptors (Lipinski definition) is 4. The lowest BCUT2D eigenvalue weighted by molar-refractivity contribution is 0.103. The van der Waals surface area contributed by atoms with E-state index < -0.39 is 0 Å². The van der Waals surface area contributed by atoms with Crippen LogP contribution in [0.5, 0.6) is 5.75 Å². The van der Waals surface area contributed by atoms with Crippen LogP contribution in [0.25, 0.3) is 22.2 Å². The first-order chi connectivity index (χ1) is 11.2. The number of carbonyl (C=O) groups is 1. The van der Waals surface area contributed by atoms with Gasteiger partial charge in [0.1, 0.15) is 11.3 Å². The number of rotatable bonds is 4. The molecule has 0 atom stereocenters. The van der Waals surface area contributed by atoms with E-state index in [4.69, 9.17) is 9.26 Å². The smallest absolute Gasteiger partial charge is 0.198 e. The van der Waals surface area contributed by atoms with E-state index in [1.165, 1.54) is 0 Å². The molecule has 23 heavy (non-hydrogen) atoms. The summed E-state index contributed by atoms with van der Waals surface area (Å²) < 4.78 is 12.2. The van der Waals surface area contributed by atoms with Crippen LogP contribution in [0, 0.1) is 0 Å². The lowest BCUT2D eigenvalue weighted by Crippen LogP contribution is -2.11. The SMILES string of the molecule is CCCCOc1cc(Br)c2noc3c2c1C(=O)c1ccccc1-3. The Labute approximate surface area is 141 Å². The number of fused-ring (bicyclic) bond motifs is 2. The molecular formula is C18H14BrNO3. The second-order valence-corrected chi connectivity index (χ2v) is 6.40. The topological polar surface area (TPSA) is 52.3 Å². The zero-order valence-corrected chi connectivity index (χ0v) is 14.1. The van der Waals surface area contributed by atoms with E-state index >= 15 is 0 Å². The number of ether oxygens (including phenoxy) is 1. The Morgan fingerprint density at radius 1 is 1.26 bits per heavy atom. The molecule has 4 rings (SSSR count). The van der Waals surface area contributed by atoms with Gasteiger partial charge in [0.05, 0.1) is 22.0 Å². The molecule has 0 aliphatic heterocycles. The fraction of sp³-hybridized carbons (Fsp3) is 0.222. The molecule has 0 fully saturated rings. The van der Waals surface area contributed by atoms with Gasteiger partial charge in [0, 0.05) is 11.1 Å². The molecule has 0 N–H and O–H groups in total. The largest absolute Gasteiger partial charge is 0.493 e. The number of benzene rings is 2. The average molecular weight is 372 g/mol. The third-order valence-corrected chi connectivity index (χ3v) is 4.68. The summed E-state index contributed by atoms with van der Waals surface area (Å²) in [4.78, 5) is 13.0. The monoisotopic (exact) mass is 371 g/mol. The van der Waals surface area contributed by atoms with E-state index in [1.807, 2.05) is 30.3 Å². The Kier molecular flexibility index (Phi) is 3.45. The zero-order chi connectivity index (χ0) is 16.0. The molecule has 1 aromatic heterocycles. The molecule has 0 radical (unpaired) electrons. The first-order valence-corrected chi connectivity index (χ1v) is 8.40. The van der Waals surface area contributed by atoms with Gasteiger partial charge < -0.3 is 9.26 Å². The summed E-state index contributed by atoms with van der Waals surface area (Å²) in [5.41, 5.74) is 2.61. The molecule has 0 bridgehead atoms. The van der Waals surface area contributed by atoms with Crippen molar-refractivity contribution in [3.05, 3.63) is 45.9 Å². The van der Waals surface area contributed by atoms with Crippen molar-refractivity contribution in [1.82, 2.24) is 5.16 Å². The maximum atomic E-state index is 13.0. The van der Waals surface area contributed by atoms with Crippen molar-refractivity contribution in [2.75, 3.05) is 6.61 Å². The average Bonchev–Trinajstić information content (AvgIpc) is 3.00. The minimum atomic E-state index is -0.0414. The van der Waals surface area contributed by atoms with Gasteiger partial charge in [-0.15, -0.1) is 0 Å². The number of halogens is 1. The number of carbonyl (C=O) groups excluding carboxylic acids is 1. The Hall–Kier alpha value is -2.14. The molecule has 116 valence electrons. The third-order valence-electron chi connectivity index (χ3n) is 4.07. The predicted molar refractivity (Wildman–Crippen MR) is 91.0 cm³/mol. The van der Waals surface area contributed by atoms with Crippen LogP contribution >= 0.6 is 15.9 Å². The van der Waals surface area contributed by atoms with Crippen molar-refractivity contribution in [2.45, 2.75) is 19.8 Å². The van der Waals surface area contributed by atoms with Crippen LogP contribution in [-0.2, 0) is 0 Å². The molecule has 4 nitrogen and oxygen atoms in total.